The second kappa shape index (κ2) is 5.22. The Kier molecular flexibility index (Phi) is 3.98. The Balaban J connectivity index is 2.41. The highest BCUT2D eigenvalue weighted by molar-refractivity contribution is 9.10. The Morgan fingerprint density at radius 2 is 1.89 bits per heavy atom. The number of hydrogen-bond acceptors (Lipinski definition) is 2. The molecule has 2 rings (SSSR count). The summed E-state index contributed by atoms with van der Waals surface area (Å²) < 4.78 is 51.8. The summed E-state index contributed by atoms with van der Waals surface area (Å²) >= 11 is 4.57. The summed E-state index contributed by atoms with van der Waals surface area (Å²) in [6.45, 7) is 0. The molecule has 0 bridgehead atoms. The van der Waals surface area contributed by atoms with Gasteiger partial charge in [-0.1, -0.05) is 6.07 Å². The molecule has 0 amide bonds. The Morgan fingerprint density at radius 1 is 1.21 bits per heavy atom. The van der Waals surface area contributed by atoms with Crippen LogP contribution in [-0.4, -0.2) is 0 Å². The number of alkyl halides is 3. The molecular weight excluding hydrogens is 346 g/mol. The molecular formula is C12H8BrF4NS. The zero-order valence-electron chi connectivity index (χ0n) is 9.34. The molecule has 1 unspecified atom stereocenters. The van der Waals surface area contributed by atoms with Crippen molar-refractivity contribution in [1.82, 2.24) is 0 Å². The molecule has 0 saturated carbocycles. The highest BCUT2D eigenvalue weighted by atomic mass is 79.9. The molecule has 0 radical (unpaired) electrons. The number of benzene rings is 1. The average molecular weight is 354 g/mol. The van der Waals surface area contributed by atoms with Crippen LogP contribution in [0.15, 0.2) is 34.1 Å². The molecule has 2 aromatic rings. The van der Waals surface area contributed by atoms with Crippen LogP contribution in [0.4, 0.5) is 17.6 Å². The van der Waals surface area contributed by atoms with E-state index in [4.69, 9.17) is 5.73 Å². The van der Waals surface area contributed by atoms with Crippen molar-refractivity contribution in [2.75, 3.05) is 0 Å². The molecule has 1 aromatic heterocycles. The van der Waals surface area contributed by atoms with Crippen LogP contribution in [0.25, 0.3) is 0 Å². The van der Waals surface area contributed by atoms with E-state index in [1.165, 1.54) is 17.4 Å². The SMILES string of the molecule is NC(c1ccc(F)c(C(F)(F)F)c1)c1cc(Br)cs1. The minimum atomic E-state index is -4.73. The first kappa shape index (κ1) is 14.5. The van der Waals surface area contributed by atoms with E-state index in [0.717, 1.165) is 16.6 Å². The van der Waals surface area contributed by atoms with Crippen molar-refractivity contribution in [3.05, 3.63) is 55.9 Å². The maximum Gasteiger partial charge on any atom is 0.419 e. The number of nitrogens with two attached hydrogens (primary N) is 1. The monoisotopic (exact) mass is 353 g/mol. The van der Waals surface area contributed by atoms with E-state index >= 15 is 0 Å². The maximum absolute atomic E-state index is 13.2. The van der Waals surface area contributed by atoms with E-state index < -0.39 is 23.6 Å². The molecule has 0 aliphatic carbocycles. The summed E-state index contributed by atoms with van der Waals surface area (Å²) in [6, 6.07) is 3.83. The van der Waals surface area contributed by atoms with Crippen LogP contribution in [0.3, 0.4) is 0 Å². The van der Waals surface area contributed by atoms with Crippen LogP contribution < -0.4 is 5.73 Å². The van der Waals surface area contributed by atoms with E-state index in [9.17, 15) is 17.6 Å². The second-order valence-electron chi connectivity index (χ2n) is 3.88. The van der Waals surface area contributed by atoms with Crippen LogP contribution in [0.5, 0.6) is 0 Å². The summed E-state index contributed by atoms with van der Waals surface area (Å²) in [5.74, 6) is -1.30. The standard InChI is InChI=1S/C12H8BrF4NS/c13-7-4-10(19-5-7)11(18)6-1-2-9(14)8(3-6)12(15,16)17/h1-5,11H,18H2. The smallest absolute Gasteiger partial charge is 0.320 e. The summed E-state index contributed by atoms with van der Waals surface area (Å²) in [4.78, 5) is 0.701. The molecule has 1 aromatic carbocycles. The number of rotatable bonds is 2. The Morgan fingerprint density at radius 3 is 2.42 bits per heavy atom. The van der Waals surface area contributed by atoms with Gasteiger partial charge in [-0.15, -0.1) is 11.3 Å². The van der Waals surface area contributed by atoms with Crippen LogP contribution in [0.1, 0.15) is 22.0 Å². The van der Waals surface area contributed by atoms with Gasteiger partial charge in [-0.25, -0.2) is 4.39 Å². The minimum absolute atomic E-state index is 0.225. The number of thiophene rings is 1. The van der Waals surface area contributed by atoms with Gasteiger partial charge in [0.15, 0.2) is 0 Å². The van der Waals surface area contributed by atoms with Gasteiger partial charge in [0, 0.05) is 14.7 Å². The van der Waals surface area contributed by atoms with E-state index in [0.29, 0.717) is 4.88 Å². The fourth-order valence-electron chi connectivity index (χ4n) is 1.61. The molecule has 19 heavy (non-hydrogen) atoms. The molecule has 0 aliphatic heterocycles. The molecule has 7 heteroatoms. The van der Waals surface area contributed by atoms with Gasteiger partial charge in [-0.2, -0.15) is 13.2 Å². The summed E-state index contributed by atoms with van der Waals surface area (Å²) in [5.41, 5.74) is 4.82. The Labute approximate surface area is 119 Å². The molecule has 1 heterocycles. The molecule has 0 aliphatic rings. The van der Waals surface area contributed by atoms with Crippen molar-refractivity contribution in [2.45, 2.75) is 12.2 Å². The average Bonchev–Trinajstić information content (AvgIpc) is 2.74. The maximum atomic E-state index is 13.2. The fourth-order valence-corrected chi connectivity index (χ4v) is 3.08. The van der Waals surface area contributed by atoms with Gasteiger partial charge in [0.1, 0.15) is 5.82 Å². The van der Waals surface area contributed by atoms with Crippen LogP contribution in [0.2, 0.25) is 0 Å². The van der Waals surface area contributed by atoms with Gasteiger partial charge in [0.2, 0.25) is 0 Å². The van der Waals surface area contributed by atoms with Gasteiger partial charge in [-0.05, 0) is 39.7 Å². The summed E-state index contributed by atoms with van der Waals surface area (Å²) in [6.07, 6.45) is -4.73. The van der Waals surface area contributed by atoms with Crippen LogP contribution in [-0.2, 0) is 6.18 Å². The largest absolute Gasteiger partial charge is 0.419 e. The molecule has 0 spiro atoms. The number of hydrogen-bond donors (Lipinski definition) is 1. The van der Waals surface area contributed by atoms with Crippen molar-refractivity contribution in [1.29, 1.82) is 0 Å². The summed E-state index contributed by atoms with van der Waals surface area (Å²) in [5, 5.41) is 1.78. The van der Waals surface area contributed by atoms with Gasteiger partial charge < -0.3 is 5.73 Å². The predicted molar refractivity (Wildman–Crippen MR) is 69.5 cm³/mol. The lowest BCUT2D eigenvalue weighted by Crippen LogP contribution is -2.14. The first-order chi connectivity index (χ1) is 8.79. The van der Waals surface area contributed by atoms with Crippen molar-refractivity contribution in [3.8, 4) is 0 Å². The molecule has 102 valence electrons. The molecule has 2 N–H and O–H groups in total. The fraction of sp³-hybridized carbons (Fsp3) is 0.167. The first-order valence-corrected chi connectivity index (χ1v) is 6.82. The predicted octanol–water partition coefficient (Wildman–Crippen LogP) is 4.72. The van der Waals surface area contributed by atoms with Gasteiger partial charge >= 0.3 is 6.18 Å². The van der Waals surface area contributed by atoms with Gasteiger partial charge in [0.25, 0.3) is 0 Å². The van der Waals surface area contributed by atoms with E-state index in [-0.39, 0.29) is 5.56 Å². The Hall–Kier alpha value is -0.920. The molecule has 1 nitrogen and oxygen atoms in total. The van der Waals surface area contributed by atoms with Crippen LogP contribution in [0, 0.1) is 5.82 Å². The molecule has 0 saturated heterocycles. The van der Waals surface area contributed by atoms with Gasteiger partial charge in [-0.3, -0.25) is 0 Å². The van der Waals surface area contributed by atoms with Crippen molar-refractivity contribution in [2.24, 2.45) is 5.73 Å². The third kappa shape index (κ3) is 3.16. The lowest BCUT2D eigenvalue weighted by molar-refractivity contribution is -0.140. The first-order valence-electron chi connectivity index (χ1n) is 5.15. The van der Waals surface area contributed by atoms with Crippen molar-refractivity contribution < 1.29 is 17.6 Å². The van der Waals surface area contributed by atoms with E-state index in [1.54, 1.807) is 11.4 Å². The highest BCUT2D eigenvalue weighted by Crippen LogP contribution is 2.35. The van der Waals surface area contributed by atoms with Crippen molar-refractivity contribution >= 4 is 27.3 Å². The lowest BCUT2D eigenvalue weighted by Gasteiger charge is -2.14. The van der Waals surface area contributed by atoms with E-state index in [1.807, 2.05) is 0 Å². The summed E-state index contributed by atoms with van der Waals surface area (Å²) in [7, 11) is 0. The van der Waals surface area contributed by atoms with E-state index in [2.05, 4.69) is 15.9 Å². The minimum Gasteiger partial charge on any atom is -0.320 e. The Bertz CT molecular complexity index is 594. The third-order valence-electron chi connectivity index (χ3n) is 2.55. The van der Waals surface area contributed by atoms with Crippen molar-refractivity contribution in [3.63, 3.8) is 0 Å². The number of halogens is 5. The molecule has 0 fully saturated rings. The topological polar surface area (TPSA) is 26.0 Å². The highest BCUT2D eigenvalue weighted by Gasteiger charge is 2.34. The normalized spacial score (nSPS) is 13.6. The lowest BCUT2D eigenvalue weighted by atomic mass is 10.0. The van der Waals surface area contributed by atoms with Gasteiger partial charge in [0.05, 0.1) is 11.6 Å². The molecule has 1 atom stereocenters. The zero-order valence-corrected chi connectivity index (χ0v) is 11.7. The second-order valence-corrected chi connectivity index (χ2v) is 5.74. The van der Waals surface area contributed by atoms with Crippen LogP contribution >= 0.6 is 27.3 Å². The third-order valence-corrected chi connectivity index (χ3v) is 4.33. The zero-order chi connectivity index (χ0) is 14.2. The quantitative estimate of drug-likeness (QED) is 0.777.